The average Bonchev–Trinajstić information content (AvgIpc) is 3.40. The lowest BCUT2D eigenvalue weighted by molar-refractivity contribution is -0.113. The number of carbonyl (C=O) groups is 1. The van der Waals surface area contributed by atoms with Crippen molar-refractivity contribution in [3.8, 4) is 22.8 Å². The van der Waals surface area contributed by atoms with Crippen LogP contribution in [0.2, 0.25) is 0 Å². The van der Waals surface area contributed by atoms with E-state index < -0.39 is 0 Å². The maximum Gasteiger partial charge on any atom is 0.236 e. The highest BCUT2D eigenvalue weighted by Crippen LogP contribution is 2.30. The second-order valence-corrected chi connectivity index (χ2v) is 9.61. The second kappa shape index (κ2) is 10.7. The number of benzene rings is 2. The molecule has 1 atom stereocenters. The summed E-state index contributed by atoms with van der Waals surface area (Å²) >= 11 is 2.77. The van der Waals surface area contributed by atoms with Crippen molar-refractivity contribution in [2.45, 2.75) is 25.1 Å². The van der Waals surface area contributed by atoms with E-state index >= 15 is 0 Å². The molecule has 176 valence electrons. The van der Waals surface area contributed by atoms with Crippen molar-refractivity contribution in [2.75, 3.05) is 18.2 Å². The van der Waals surface area contributed by atoms with Crippen molar-refractivity contribution in [3.63, 3.8) is 0 Å². The van der Waals surface area contributed by atoms with Gasteiger partial charge in [0.25, 0.3) is 0 Å². The number of ether oxygens (including phenoxy) is 2. The molecule has 2 aromatic heterocycles. The Kier molecular flexibility index (Phi) is 7.49. The summed E-state index contributed by atoms with van der Waals surface area (Å²) in [6.45, 7) is 3.90. The number of nitrogens with one attached hydrogen (secondary N) is 1. The maximum atomic E-state index is 12.5. The van der Waals surface area contributed by atoms with Crippen LogP contribution in [0.5, 0.6) is 11.5 Å². The van der Waals surface area contributed by atoms with Crippen LogP contribution in [0.4, 0.5) is 5.13 Å². The first-order chi connectivity index (χ1) is 16.4. The maximum absolute atomic E-state index is 12.5. The van der Waals surface area contributed by atoms with Crippen LogP contribution in [0.15, 0.2) is 59.8 Å². The summed E-state index contributed by atoms with van der Waals surface area (Å²) in [5.74, 6) is 2.10. The number of carbonyl (C=O) groups excluding carboxylic acids is 1. The molecule has 34 heavy (non-hydrogen) atoms. The fraction of sp³-hybridized carbons (Fsp3) is 0.250. The third-order valence-corrected chi connectivity index (χ3v) is 6.92. The van der Waals surface area contributed by atoms with E-state index in [1.165, 1.54) is 23.1 Å². The zero-order chi connectivity index (χ0) is 24.1. The van der Waals surface area contributed by atoms with Gasteiger partial charge in [-0.3, -0.25) is 4.79 Å². The molecular weight excluding hydrogens is 470 g/mol. The topological polar surface area (TPSA) is 91.2 Å². The quantitative estimate of drug-likeness (QED) is 0.322. The molecule has 1 N–H and O–H groups in total. The smallest absolute Gasteiger partial charge is 0.236 e. The van der Waals surface area contributed by atoms with Crippen molar-refractivity contribution in [3.05, 3.63) is 65.3 Å². The average molecular weight is 496 g/mol. The zero-order valence-corrected chi connectivity index (χ0v) is 20.9. The van der Waals surface area contributed by atoms with E-state index in [1.54, 1.807) is 7.11 Å². The highest BCUT2D eigenvalue weighted by Gasteiger charge is 2.19. The van der Waals surface area contributed by atoms with Gasteiger partial charge < -0.3 is 19.4 Å². The molecule has 0 saturated heterocycles. The monoisotopic (exact) mass is 495 g/mol. The summed E-state index contributed by atoms with van der Waals surface area (Å²) in [7, 11) is 3.47. The van der Waals surface area contributed by atoms with Crippen LogP contribution in [0.3, 0.4) is 0 Å². The number of amides is 1. The van der Waals surface area contributed by atoms with Crippen molar-refractivity contribution in [2.24, 2.45) is 7.05 Å². The van der Waals surface area contributed by atoms with Crippen LogP contribution in [-0.4, -0.2) is 38.5 Å². The summed E-state index contributed by atoms with van der Waals surface area (Å²) in [4.78, 5) is 18.2. The molecule has 4 rings (SSSR count). The predicted molar refractivity (Wildman–Crippen MR) is 135 cm³/mol. The van der Waals surface area contributed by atoms with E-state index in [0.29, 0.717) is 21.9 Å². The fourth-order valence-electron chi connectivity index (χ4n) is 3.34. The van der Waals surface area contributed by atoms with Gasteiger partial charge in [0.05, 0.1) is 18.6 Å². The Balaban J connectivity index is 1.35. The number of methoxy groups -OCH3 is 1. The van der Waals surface area contributed by atoms with Gasteiger partial charge in [-0.25, -0.2) is 4.98 Å². The number of anilines is 1. The Morgan fingerprint density at radius 2 is 1.91 bits per heavy atom. The van der Waals surface area contributed by atoms with Crippen LogP contribution in [-0.2, 0) is 11.8 Å². The van der Waals surface area contributed by atoms with Crippen molar-refractivity contribution in [1.82, 2.24) is 19.7 Å². The number of rotatable bonds is 9. The van der Waals surface area contributed by atoms with Crippen LogP contribution >= 0.6 is 23.1 Å². The van der Waals surface area contributed by atoms with E-state index in [9.17, 15) is 4.79 Å². The van der Waals surface area contributed by atoms with Gasteiger partial charge in [-0.05, 0) is 26.0 Å². The summed E-state index contributed by atoms with van der Waals surface area (Å²) in [5.41, 5.74) is 1.92. The Bertz CT molecular complexity index is 1270. The molecule has 0 spiro atoms. The Morgan fingerprint density at radius 3 is 2.68 bits per heavy atom. The summed E-state index contributed by atoms with van der Waals surface area (Å²) in [5, 5.41) is 12.6. The number of thiazole rings is 1. The molecule has 1 unspecified atom stereocenters. The normalized spacial score (nSPS) is 11.8. The van der Waals surface area contributed by atoms with E-state index in [4.69, 9.17) is 9.47 Å². The van der Waals surface area contributed by atoms with Gasteiger partial charge in [0.15, 0.2) is 22.2 Å². The molecule has 0 radical (unpaired) electrons. The summed E-state index contributed by atoms with van der Waals surface area (Å²) < 4.78 is 13.1. The summed E-state index contributed by atoms with van der Waals surface area (Å²) in [6, 6.07) is 17.3. The highest BCUT2D eigenvalue weighted by molar-refractivity contribution is 7.99. The van der Waals surface area contributed by atoms with Gasteiger partial charge in [0.1, 0.15) is 11.5 Å². The number of hydrogen-bond donors (Lipinski definition) is 1. The Morgan fingerprint density at radius 1 is 1.15 bits per heavy atom. The third-order valence-electron chi connectivity index (χ3n) is 5.01. The van der Waals surface area contributed by atoms with Gasteiger partial charge in [-0.15, -0.1) is 21.5 Å². The number of aryl methyl sites for hydroxylation is 1. The molecule has 0 aliphatic carbocycles. The van der Waals surface area contributed by atoms with E-state index in [0.717, 1.165) is 21.9 Å². The van der Waals surface area contributed by atoms with Gasteiger partial charge in [0, 0.05) is 23.6 Å². The van der Waals surface area contributed by atoms with Crippen molar-refractivity contribution < 1.29 is 14.3 Å². The van der Waals surface area contributed by atoms with Crippen molar-refractivity contribution >= 4 is 34.1 Å². The second-order valence-electron chi connectivity index (χ2n) is 7.47. The van der Waals surface area contributed by atoms with Gasteiger partial charge >= 0.3 is 0 Å². The fourth-order valence-corrected chi connectivity index (χ4v) is 4.91. The first-order valence-corrected chi connectivity index (χ1v) is 12.4. The van der Waals surface area contributed by atoms with Crippen LogP contribution < -0.4 is 14.8 Å². The molecule has 2 heterocycles. The number of thioether (sulfide) groups is 1. The number of aromatic nitrogens is 4. The molecule has 0 bridgehead atoms. The van der Waals surface area contributed by atoms with Crippen LogP contribution in [0.25, 0.3) is 11.3 Å². The lowest BCUT2D eigenvalue weighted by Crippen LogP contribution is -2.14. The first-order valence-electron chi connectivity index (χ1n) is 10.6. The predicted octanol–water partition coefficient (Wildman–Crippen LogP) is 5.13. The van der Waals surface area contributed by atoms with E-state index in [2.05, 4.69) is 20.5 Å². The van der Waals surface area contributed by atoms with Crippen molar-refractivity contribution in [1.29, 1.82) is 0 Å². The molecule has 0 fully saturated rings. The molecule has 4 aromatic rings. The van der Waals surface area contributed by atoms with Gasteiger partial charge in [0.2, 0.25) is 5.91 Å². The number of hydrogen-bond acceptors (Lipinski definition) is 8. The molecule has 1 amide bonds. The van der Waals surface area contributed by atoms with Gasteiger partial charge in [-0.1, -0.05) is 48.2 Å². The molecule has 0 aliphatic heterocycles. The van der Waals surface area contributed by atoms with Crippen LogP contribution in [0, 0.1) is 6.92 Å². The van der Waals surface area contributed by atoms with E-state index in [1.807, 2.05) is 80.1 Å². The highest BCUT2D eigenvalue weighted by atomic mass is 32.2. The van der Waals surface area contributed by atoms with Gasteiger partial charge in [-0.2, -0.15) is 0 Å². The minimum absolute atomic E-state index is 0.149. The standard InChI is InChI=1S/C24H25N5O3S2/c1-15(32-19-12-8-11-18(13-19)31-4)22-27-28-24(29(22)3)33-14-20(30)25-23-26-21(16(2)34-23)17-9-6-5-7-10-17/h5-13,15H,14H2,1-4H3,(H,25,26,30). The first kappa shape index (κ1) is 23.8. The largest absolute Gasteiger partial charge is 0.497 e. The molecule has 2 aromatic carbocycles. The minimum atomic E-state index is -0.331. The SMILES string of the molecule is COc1cccc(OC(C)c2nnc(SCC(=O)Nc3nc(-c4ccccc4)c(C)s3)n2C)c1. The van der Waals surface area contributed by atoms with E-state index in [-0.39, 0.29) is 17.8 Å². The number of nitrogens with zero attached hydrogens (tertiary/aromatic N) is 4. The molecule has 8 nitrogen and oxygen atoms in total. The summed E-state index contributed by atoms with van der Waals surface area (Å²) in [6.07, 6.45) is -0.331. The third kappa shape index (κ3) is 5.57. The minimum Gasteiger partial charge on any atom is -0.497 e. The lowest BCUT2D eigenvalue weighted by Gasteiger charge is -2.14. The zero-order valence-electron chi connectivity index (χ0n) is 19.3. The molecule has 0 saturated carbocycles. The Labute approximate surface area is 206 Å². The Hall–Kier alpha value is -3.37. The molecule has 10 heteroatoms. The molecule has 0 aliphatic rings. The molecular formula is C24H25N5O3S2. The lowest BCUT2D eigenvalue weighted by atomic mass is 10.1. The van der Waals surface area contributed by atoms with Crippen LogP contribution in [0.1, 0.15) is 23.7 Å².